The molecule has 0 radical (unpaired) electrons. The van der Waals surface area contributed by atoms with Crippen LogP contribution in [0.1, 0.15) is 88.5 Å². The number of aliphatic hydroxyl groups is 1. The minimum Gasteiger partial charge on any atom is -0.491 e. The first-order valence-corrected chi connectivity index (χ1v) is 24.0. The Hall–Kier alpha value is -5.33. The Bertz CT molecular complexity index is 2530. The fourth-order valence-corrected chi connectivity index (χ4v) is 9.95. The number of alkyl halides is 1. The molecule has 366 valence electrons. The summed E-state index contributed by atoms with van der Waals surface area (Å²) < 4.78 is 64.1. The van der Waals surface area contributed by atoms with Crippen molar-refractivity contribution in [2.45, 2.75) is 110 Å². The van der Waals surface area contributed by atoms with E-state index in [1.807, 2.05) is 67.3 Å². The smallest absolute Gasteiger partial charge is 0.246 e. The van der Waals surface area contributed by atoms with Crippen LogP contribution in [0.3, 0.4) is 0 Å². The van der Waals surface area contributed by atoms with Crippen molar-refractivity contribution in [3.63, 3.8) is 0 Å². The van der Waals surface area contributed by atoms with Crippen molar-refractivity contribution in [3.8, 4) is 16.2 Å². The summed E-state index contributed by atoms with van der Waals surface area (Å²) in [5.41, 5.74) is 4.59. The first-order valence-electron chi connectivity index (χ1n) is 23.2. The number of halogens is 3. The number of aromatic amines is 1. The number of hydrogen-bond donors (Lipinski definition) is 4. The number of H-pyrrole nitrogens is 1. The van der Waals surface area contributed by atoms with Crippen molar-refractivity contribution < 1.29 is 46.9 Å². The number of benzene rings is 3. The van der Waals surface area contributed by atoms with E-state index in [4.69, 9.17) is 14.2 Å². The lowest BCUT2D eigenvalue weighted by atomic mass is 9.85. The van der Waals surface area contributed by atoms with Crippen molar-refractivity contribution in [1.82, 2.24) is 30.4 Å². The van der Waals surface area contributed by atoms with Gasteiger partial charge in [0.25, 0.3) is 0 Å². The number of aryl methyl sites for hydroxylation is 1. The normalized spacial score (nSPS) is 19.2. The van der Waals surface area contributed by atoms with E-state index in [9.17, 15) is 19.5 Å². The van der Waals surface area contributed by atoms with Crippen LogP contribution in [0, 0.1) is 24.0 Å². The molecule has 2 aliphatic rings. The maximum absolute atomic E-state index is 16.0. The highest BCUT2D eigenvalue weighted by molar-refractivity contribution is 7.13. The molecule has 4 heterocycles. The summed E-state index contributed by atoms with van der Waals surface area (Å²) in [7, 11) is 0. The summed E-state index contributed by atoms with van der Waals surface area (Å²) in [6.45, 7) is 12.6. The number of amides is 3. The zero-order chi connectivity index (χ0) is 48.9. The number of carbonyl (C=O) groups is 3. The van der Waals surface area contributed by atoms with Gasteiger partial charge < -0.3 is 39.8 Å². The molecule has 0 bridgehead atoms. The number of nitrogens with one attached hydrogen (secondary N) is 3. The summed E-state index contributed by atoms with van der Waals surface area (Å²) >= 11 is 1.56. The summed E-state index contributed by atoms with van der Waals surface area (Å²) in [4.78, 5) is 52.4. The molecular weight excluding hydrogens is 898 g/mol. The van der Waals surface area contributed by atoms with Crippen LogP contribution < -0.4 is 15.4 Å². The van der Waals surface area contributed by atoms with Crippen molar-refractivity contribution in [2.24, 2.45) is 5.41 Å². The Balaban J connectivity index is 0.844. The van der Waals surface area contributed by atoms with Crippen LogP contribution in [-0.4, -0.2) is 119 Å². The Morgan fingerprint density at radius 2 is 1.69 bits per heavy atom. The number of ether oxygens (including phenoxy) is 3. The molecule has 2 aromatic heterocycles. The summed E-state index contributed by atoms with van der Waals surface area (Å²) in [6.07, 6.45) is 0.195. The average molecular weight is 961 g/mol. The van der Waals surface area contributed by atoms with Gasteiger partial charge in [0.1, 0.15) is 48.4 Å². The van der Waals surface area contributed by atoms with Gasteiger partial charge >= 0.3 is 0 Å². The minimum atomic E-state index is -1.61. The van der Waals surface area contributed by atoms with E-state index >= 15 is 13.2 Å². The summed E-state index contributed by atoms with van der Waals surface area (Å²) in [5, 5.41) is 17.2. The van der Waals surface area contributed by atoms with Gasteiger partial charge in [0.2, 0.25) is 17.7 Å². The van der Waals surface area contributed by atoms with Gasteiger partial charge in [-0.05, 0) is 68.7 Å². The van der Waals surface area contributed by atoms with Crippen LogP contribution in [-0.2, 0) is 36.8 Å². The van der Waals surface area contributed by atoms with Gasteiger partial charge in [-0.2, -0.15) is 0 Å². The number of para-hydroxylation sites is 1. The van der Waals surface area contributed by atoms with E-state index < -0.39 is 64.7 Å². The predicted molar refractivity (Wildman–Crippen MR) is 255 cm³/mol. The fraction of sp³-hybridized carbons (Fsp3) is 0.490. The van der Waals surface area contributed by atoms with Crippen molar-refractivity contribution in [3.05, 3.63) is 106 Å². The van der Waals surface area contributed by atoms with E-state index in [1.165, 1.54) is 18.7 Å². The molecule has 1 saturated heterocycles. The molecule has 7 rings (SSSR count). The van der Waals surface area contributed by atoms with Crippen LogP contribution in [0.4, 0.5) is 13.2 Å². The molecule has 68 heavy (non-hydrogen) atoms. The zero-order valence-electron chi connectivity index (χ0n) is 39.8. The molecule has 4 N–H and O–H groups in total. The maximum atomic E-state index is 16.0. The molecule has 0 aliphatic carbocycles. The molecule has 0 saturated carbocycles. The van der Waals surface area contributed by atoms with Crippen LogP contribution in [0.25, 0.3) is 21.3 Å². The third-order valence-corrected chi connectivity index (χ3v) is 13.4. The molecule has 2 aliphatic heterocycles. The van der Waals surface area contributed by atoms with E-state index in [-0.39, 0.29) is 76.4 Å². The highest BCUT2D eigenvalue weighted by Crippen LogP contribution is 2.44. The molecule has 5 atom stereocenters. The number of nitrogens with zero attached hydrogens (tertiary/aromatic N) is 3. The van der Waals surface area contributed by atoms with E-state index in [0.29, 0.717) is 18.5 Å². The number of likely N-dealkylation sites (tertiary alicyclic amines) is 1. The lowest BCUT2D eigenvalue weighted by molar-refractivity contribution is -0.144. The number of carbonyl (C=O) groups excluding carboxylic acids is 3. The Morgan fingerprint density at radius 3 is 2.37 bits per heavy atom. The zero-order valence-corrected chi connectivity index (χ0v) is 40.6. The highest BCUT2D eigenvalue weighted by atomic mass is 32.1. The van der Waals surface area contributed by atoms with Gasteiger partial charge in [-0.3, -0.25) is 19.3 Å². The first kappa shape index (κ1) is 50.5. The van der Waals surface area contributed by atoms with Gasteiger partial charge in [-0.25, -0.2) is 18.2 Å². The molecule has 0 spiro atoms. The van der Waals surface area contributed by atoms with Gasteiger partial charge in [0, 0.05) is 79.6 Å². The molecule has 1 unspecified atom stereocenters. The SMILES string of the molecule is Cc1ncsc1-c1ccc(CNC(=O)[C@@H]2C[C@@H](O)CN2C(=O)C(NC(=O)COCCCOCCOc2cc(F)c([C@@H]3c4[nH]c5ccccc5c4C[C@@H](C)N3CC(C)(C)F)c(F)c2)C(C)(C)C)cc1. The predicted octanol–water partition coefficient (Wildman–Crippen LogP) is 7.57. The van der Waals surface area contributed by atoms with Crippen LogP contribution in [0.5, 0.6) is 5.75 Å². The number of aliphatic hydroxyl groups excluding tert-OH is 1. The molecule has 13 nitrogen and oxygen atoms in total. The van der Waals surface area contributed by atoms with Crippen LogP contribution >= 0.6 is 11.3 Å². The van der Waals surface area contributed by atoms with Crippen LogP contribution in [0.2, 0.25) is 0 Å². The van der Waals surface area contributed by atoms with E-state index in [1.54, 1.807) is 37.6 Å². The van der Waals surface area contributed by atoms with E-state index in [0.717, 1.165) is 50.3 Å². The van der Waals surface area contributed by atoms with Gasteiger partial charge in [0.05, 0.1) is 34.8 Å². The molecular formula is C51H63F3N6O7S. The topological polar surface area (TPSA) is 158 Å². The molecule has 3 aromatic carbocycles. The standard InChI is InChI=1S/C51H63F3N6O7S/c1-30-21-37-36-11-8-9-12-40(36)57-44(37)45(60(30)28-51(6,7)54)43-38(52)23-35(24-39(43)53)67-20-19-65-17-10-18-66-27-42(62)58-47(50(3,4)5)49(64)59-26-34(61)22-41(59)48(63)55-25-32-13-15-33(16-14-32)46-31(2)56-29-68-46/h8-9,11-16,23-24,29-30,34,41,45,47,57,61H,10,17-22,25-28H2,1-7H3,(H,55,63)(H,58,62)/t30-,34-,41+,45-,47?/m1/s1. The molecule has 17 heteroatoms. The third-order valence-electron chi connectivity index (χ3n) is 12.4. The summed E-state index contributed by atoms with van der Waals surface area (Å²) in [6, 6.07) is 14.8. The Morgan fingerprint density at radius 1 is 0.985 bits per heavy atom. The van der Waals surface area contributed by atoms with Crippen molar-refractivity contribution >= 4 is 40.0 Å². The van der Waals surface area contributed by atoms with Crippen molar-refractivity contribution in [1.29, 1.82) is 0 Å². The quantitative estimate of drug-likeness (QED) is 0.0613. The van der Waals surface area contributed by atoms with Gasteiger partial charge in [-0.1, -0.05) is 63.2 Å². The monoisotopic (exact) mass is 960 g/mol. The lowest BCUT2D eigenvalue weighted by Crippen LogP contribution is -2.58. The second-order valence-electron chi connectivity index (χ2n) is 19.5. The van der Waals surface area contributed by atoms with Crippen molar-refractivity contribution in [2.75, 3.05) is 46.1 Å². The van der Waals surface area contributed by atoms with Gasteiger partial charge in [-0.15, -0.1) is 11.3 Å². The van der Waals surface area contributed by atoms with E-state index in [2.05, 4.69) is 20.6 Å². The number of rotatable bonds is 19. The second kappa shape index (κ2) is 21.5. The van der Waals surface area contributed by atoms with Crippen LogP contribution in [0.15, 0.2) is 66.2 Å². The fourth-order valence-electron chi connectivity index (χ4n) is 9.14. The lowest BCUT2D eigenvalue weighted by Gasteiger charge is -2.43. The maximum Gasteiger partial charge on any atom is 0.246 e. The third kappa shape index (κ3) is 12.1. The first-order chi connectivity index (χ1) is 32.3. The van der Waals surface area contributed by atoms with Gasteiger partial charge in [0.15, 0.2) is 0 Å². The number of thiazole rings is 1. The number of hydrogen-bond acceptors (Lipinski definition) is 10. The number of β-amino-alcohol motifs (C(OH)–C–C–N with tert-alkyl or cyclic N) is 1. The molecule has 1 fully saturated rings. The molecule has 3 amide bonds. The number of aromatic nitrogens is 2. The summed E-state index contributed by atoms with van der Waals surface area (Å²) in [5.74, 6) is -3.00. The average Bonchev–Trinajstić information content (AvgIpc) is 4.00. The Kier molecular flexibility index (Phi) is 16.0. The second-order valence-corrected chi connectivity index (χ2v) is 20.4. The molecule has 5 aromatic rings. The Labute approximate surface area is 399 Å². The highest BCUT2D eigenvalue weighted by Gasteiger charge is 2.45. The largest absolute Gasteiger partial charge is 0.491 e. The minimum absolute atomic E-state index is 0.00760. The number of fused-ring (bicyclic) bond motifs is 3.